The van der Waals surface area contributed by atoms with Crippen molar-refractivity contribution in [2.45, 2.75) is 32.9 Å². The van der Waals surface area contributed by atoms with Crippen molar-refractivity contribution in [1.29, 1.82) is 0 Å². The molecule has 0 atom stereocenters. The Labute approximate surface area is 157 Å². The Hall–Kier alpha value is -2.37. The molecule has 2 aromatic heterocycles. The summed E-state index contributed by atoms with van der Waals surface area (Å²) >= 11 is 6.41. The van der Waals surface area contributed by atoms with Crippen molar-refractivity contribution >= 4 is 22.5 Å². The molecule has 136 valence electrons. The number of allylic oxidation sites excluding steroid dienone is 1. The fourth-order valence-electron chi connectivity index (χ4n) is 2.88. The van der Waals surface area contributed by atoms with Gasteiger partial charge in [-0.25, -0.2) is 4.98 Å². The third kappa shape index (κ3) is 3.89. The highest BCUT2D eigenvalue weighted by Crippen LogP contribution is 2.32. The SMILES string of the molecule is C=C(CCC)NCc1cc2cc(Cl)c(-c3ccc(CN)c(F)n3)cc2[nH]1. The number of halogens is 2. The maximum atomic E-state index is 14.0. The molecule has 3 aromatic rings. The number of benzene rings is 1. The van der Waals surface area contributed by atoms with Crippen LogP contribution in [0.25, 0.3) is 22.2 Å². The second-order valence-electron chi connectivity index (χ2n) is 6.27. The zero-order valence-corrected chi connectivity index (χ0v) is 15.5. The Balaban J connectivity index is 1.90. The largest absolute Gasteiger partial charge is 0.383 e. The van der Waals surface area contributed by atoms with Gasteiger partial charge >= 0.3 is 0 Å². The Kier molecular flexibility index (Phi) is 5.59. The Morgan fingerprint density at radius 3 is 2.85 bits per heavy atom. The normalized spacial score (nSPS) is 11.1. The molecule has 6 heteroatoms. The molecule has 0 unspecified atom stereocenters. The number of rotatable bonds is 7. The van der Waals surface area contributed by atoms with Gasteiger partial charge in [0, 0.05) is 40.0 Å². The lowest BCUT2D eigenvalue weighted by molar-refractivity contribution is 0.569. The molecule has 4 nitrogen and oxygen atoms in total. The van der Waals surface area contributed by atoms with Crippen molar-refractivity contribution < 1.29 is 4.39 Å². The first-order valence-corrected chi connectivity index (χ1v) is 8.98. The van der Waals surface area contributed by atoms with E-state index in [0.717, 1.165) is 35.1 Å². The number of aromatic nitrogens is 2. The minimum Gasteiger partial charge on any atom is -0.383 e. The summed E-state index contributed by atoms with van der Waals surface area (Å²) in [7, 11) is 0. The Morgan fingerprint density at radius 1 is 1.35 bits per heavy atom. The van der Waals surface area contributed by atoms with Gasteiger partial charge in [-0.1, -0.05) is 37.6 Å². The zero-order valence-electron chi connectivity index (χ0n) is 14.7. The third-order valence-electron chi connectivity index (χ3n) is 4.27. The molecule has 0 aliphatic carbocycles. The van der Waals surface area contributed by atoms with Crippen LogP contribution in [0, 0.1) is 5.95 Å². The number of hydrogen-bond acceptors (Lipinski definition) is 3. The number of nitrogens with zero attached hydrogens (tertiary/aromatic N) is 1. The van der Waals surface area contributed by atoms with Crippen LogP contribution >= 0.6 is 11.6 Å². The van der Waals surface area contributed by atoms with E-state index in [1.807, 2.05) is 18.2 Å². The molecule has 0 saturated heterocycles. The van der Waals surface area contributed by atoms with Crippen molar-refractivity contribution in [3.05, 3.63) is 64.8 Å². The summed E-state index contributed by atoms with van der Waals surface area (Å²) in [5.41, 5.74) is 10.0. The molecule has 26 heavy (non-hydrogen) atoms. The molecule has 2 heterocycles. The molecule has 0 amide bonds. The number of fused-ring (bicyclic) bond motifs is 1. The molecule has 1 aromatic carbocycles. The maximum absolute atomic E-state index is 14.0. The van der Waals surface area contributed by atoms with Crippen LogP contribution in [0.5, 0.6) is 0 Å². The van der Waals surface area contributed by atoms with E-state index in [1.165, 1.54) is 0 Å². The molecular formula is C20H22ClFN4. The molecular weight excluding hydrogens is 351 g/mol. The van der Waals surface area contributed by atoms with E-state index in [1.54, 1.807) is 12.1 Å². The molecule has 4 N–H and O–H groups in total. The van der Waals surface area contributed by atoms with Gasteiger partial charge in [-0.2, -0.15) is 4.39 Å². The van der Waals surface area contributed by atoms with Gasteiger partial charge in [0.25, 0.3) is 0 Å². The van der Waals surface area contributed by atoms with Gasteiger partial charge in [0.15, 0.2) is 0 Å². The van der Waals surface area contributed by atoms with Crippen LogP contribution in [0.3, 0.4) is 0 Å². The van der Waals surface area contributed by atoms with Gasteiger partial charge in [0.05, 0.1) is 17.3 Å². The molecule has 0 saturated carbocycles. The predicted molar refractivity (Wildman–Crippen MR) is 105 cm³/mol. The van der Waals surface area contributed by atoms with E-state index in [9.17, 15) is 4.39 Å². The molecule has 0 fully saturated rings. The molecule has 0 radical (unpaired) electrons. The summed E-state index contributed by atoms with van der Waals surface area (Å²) in [6.07, 6.45) is 2.01. The highest BCUT2D eigenvalue weighted by atomic mass is 35.5. The number of hydrogen-bond donors (Lipinski definition) is 3. The van der Waals surface area contributed by atoms with Crippen molar-refractivity contribution in [1.82, 2.24) is 15.3 Å². The van der Waals surface area contributed by atoms with Crippen molar-refractivity contribution in [3.8, 4) is 11.3 Å². The highest BCUT2D eigenvalue weighted by Gasteiger charge is 2.12. The maximum Gasteiger partial charge on any atom is 0.217 e. The van der Waals surface area contributed by atoms with Crippen molar-refractivity contribution in [2.75, 3.05) is 0 Å². The van der Waals surface area contributed by atoms with Crippen LogP contribution in [0.4, 0.5) is 4.39 Å². The van der Waals surface area contributed by atoms with Crippen LogP contribution in [0.2, 0.25) is 5.02 Å². The quantitative estimate of drug-likeness (QED) is 0.517. The molecule has 0 aliphatic heterocycles. The summed E-state index contributed by atoms with van der Waals surface area (Å²) in [6.45, 7) is 6.90. The second kappa shape index (κ2) is 7.89. The van der Waals surface area contributed by atoms with Gasteiger partial charge in [0.2, 0.25) is 5.95 Å². The standard InChI is InChI=1S/C20H22ClFN4/c1-3-4-12(2)24-11-15-7-14-8-17(21)16(9-19(14)25-15)18-6-5-13(10-23)20(22)26-18/h5-9,24-25H,2-4,10-11,23H2,1H3. The van der Waals surface area contributed by atoms with Crippen LogP contribution in [-0.2, 0) is 13.1 Å². The van der Waals surface area contributed by atoms with E-state index in [4.69, 9.17) is 17.3 Å². The smallest absolute Gasteiger partial charge is 0.217 e. The van der Waals surface area contributed by atoms with Gasteiger partial charge < -0.3 is 16.0 Å². The lowest BCUT2D eigenvalue weighted by atomic mass is 10.1. The molecule has 3 rings (SSSR count). The van der Waals surface area contributed by atoms with Gasteiger partial charge in [-0.3, -0.25) is 0 Å². The van der Waals surface area contributed by atoms with Gasteiger partial charge in [0.1, 0.15) is 0 Å². The van der Waals surface area contributed by atoms with E-state index in [2.05, 4.69) is 28.8 Å². The zero-order chi connectivity index (χ0) is 18.7. The van der Waals surface area contributed by atoms with E-state index in [-0.39, 0.29) is 6.54 Å². The van der Waals surface area contributed by atoms with Crippen molar-refractivity contribution in [3.63, 3.8) is 0 Å². The monoisotopic (exact) mass is 372 g/mol. The number of aromatic amines is 1. The number of nitrogens with one attached hydrogen (secondary N) is 2. The summed E-state index contributed by atoms with van der Waals surface area (Å²) in [5.74, 6) is -0.563. The highest BCUT2D eigenvalue weighted by molar-refractivity contribution is 6.34. The van der Waals surface area contributed by atoms with E-state index in [0.29, 0.717) is 28.4 Å². The first kappa shape index (κ1) is 18.4. The average molecular weight is 373 g/mol. The lowest BCUT2D eigenvalue weighted by Crippen LogP contribution is -2.11. The van der Waals surface area contributed by atoms with Gasteiger partial charge in [-0.05, 0) is 30.7 Å². The Bertz CT molecular complexity index is 948. The van der Waals surface area contributed by atoms with Crippen LogP contribution in [0.1, 0.15) is 31.0 Å². The predicted octanol–water partition coefficient (Wildman–Crippen LogP) is 4.88. The minimum absolute atomic E-state index is 0.113. The van der Waals surface area contributed by atoms with Gasteiger partial charge in [-0.15, -0.1) is 0 Å². The number of pyridine rings is 1. The molecule has 0 aliphatic rings. The number of H-pyrrole nitrogens is 1. The summed E-state index contributed by atoms with van der Waals surface area (Å²) in [5, 5.41) is 4.83. The van der Waals surface area contributed by atoms with Crippen molar-refractivity contribution in [2.24, 2.45) is 5.73 Å². The summed E-state index contributed by atoms with van der Waals surface area (Å²) in [6, 6.07) is 9.18. The third-order valence-corrected chi connectivity index (χ3v) is 4.58. The van der Waals surface area contributed by atoms with Crippen LogP contribution < -0.4 is 11.1 Å². The Morgan fingerprint density at radius 2 is 2.15 bits per heavy atom. The fourth-order valence-corrected chi connectivity index (χ4v) is 3.15. The lowest BCUT2D eigenvalue weighted by Gasteiger charge is -2.07. The summed E-state index contributed by atoms with van der Waals surface area (Å²) < 4.78 is 14.0. The summed E-state index contributed by atoms with van der Waals surface area (Å²) in [4.78, 5) is 7.36. The second-order valence-corrected chi connectivity index (χ2v) is 6.68. The van der Waals surface area contributed by atoms with Crippen LogP contribution in [0.15, 0.2) is 42.6 Å². The molecule has 0 spiro atoms. The number of nitrogens with two attached hydrogens (primary N) is 1. The molecule has 0 bridgehead atoms. The van der Waals surface area contributed by atoms with Crippen LogP contribution in [-0.4, -0.2) is 9.97 Å². The first-order chi connectivity index (χ1) is 12.5. The average Bonchev–Trinajstić information content (AvgIpc) is 3.01. The van der Waals surface area contributed by atoms with E-state index < -0.39 is 5.95 Å². The minimum atomic E-state index is -0.563. The van der Waals surface area contributed by atoms with E-state index >= 15 is 0 Å². The fraction of sp³-hybridized carbons (Fsp3) is 0.250. The topological polar surface area (TPSA) is 66.7 Å². The first-order valence-electron chi connectivity index (χ1n) is 8.60.